The number of aryl methyl sites for hydroxylation is 1. The lowest BCUT2D eigenvalue weighted by Gasteiger charge is -2.13. The average molecular weight is 462 g/mol. The van der Waals surface area contributed by atoms with Crippen LogP contribution in [0, 0.1) is 6.92 Å². The Kier molecular flexibility index (Phi) is 6.07. The summed E-state index contributed by atoms with van der Waals surface area (Å²) in [6.07, 6.45) is 1.65. The Morgan fingerprint density at radius 3 is 2.41 bits per heavy atom. The molecule has 0 aliphatic rings. The van der Waals surface area contributed by atoms with Gasteiger partial charge in [-0.1, -0.05) is 59.1 Å². The third kappa shape index (κ3) is 4.73. The van der Waals surface area contributed by atoms with Crippen LogP contribution in [0.2, 0.25) is 15.1 Å². The molecule has 0 saturated carbocycles. The van der Waals surface area contributed by atoms with Crippen LogP contribution in [-0.4, -0.2) is 4.98 Å². The molecule has 0 spiro atoms. The number of para-hydroxylation sites is 1. The predicted octanol–water partition coefficient (Wildman–Crippen LogP) is 8.41. The Bertz CT molecular complexity index is 1180. The number of pyridine rings is 1. The topological polar surface area (TPSA) is 34.1 Å². The molecule has 0 amide bonds. The minimum absolute atomic E-state index is 0.384. The average Bonchev–Trinajstić information content (AvgIpc) is 2.70. The molecule has 0 atom stereocenters. The summed E-state index contributed by atoms with van der Waals surface area (Å²) >= 11 is 20.5. The van der Waals surface area contributed by atoms with Crippen molar-refractivity contribution in [3.63, 3.8) is 0 Å². The maximum atomic E-state index is 6.43. The SMILES string of the molecule is Cc1ccc(SNc2cc(Cl)c(Oc3cnc4ccccc4c3)c(Cl)c2)c(Cl)c1. The second kappa shape index (κ2) is 8.72. The monoisotopic (exact) mass is 460 g/mol. The van der Waals surface area contributed by atoms with Crippen LogP contribution in [-0.2, 0) is 0 Å². The van der Waals surface area contributed by atoms with Gasteiger partial charge in [0.15, 0.2) is 5.75 Å². The summed E-state index contributed by atoms with van der Waals surface area (Å²) in [7, 11) is 0. The summed E-state index contributed by atoms with van der Waals surface area (Å²) < 4.78 is 9.13. The van der Waals surface area contributed by atoms with Crippen LogP contribution in [0.4, 0.5) is 5.69 Å². The van der Waals surface area contributed by atoms with Crippen LogP contribution in [0.25, 0.3) is 10.9 Å². The van der Waals surface area contributed by atoms with Crippen molar-refractivity contribution in [2.45, 2.75) is 11.8 Å². The van der Waals surface area contributed by atoms with Gasteiger partial charge in [0.05, 0.1) is 26.8 Å². The van der Waals surface area contributed by atoms with Gasteiger partial charge in [0.1, 0.15) is 5.75 Å². The first-order valence-corrected chi connectivity index (χ1v) is 10.7. The number of ether oxygens (including phenoxy) is 1. The number of rotatable bonds is 5. The molecule has 0 fully saturated rings. The van der Waals surface area contributed by atoms with Crippen LogP contribution in [0.1, 0.15) is 5.56 Å². The number of halogens is 3. The van der Waals surface area contributed by atoms with Gasteiger partial charge in [-0.2, -0.15) is 0 Å². The Labute approximate surface area is 188 Å². The zero-order chi connectivity index (χ0) is 20.4. The van der Waals surface area contributed by atoms with Crippen LogP contribution in [0.15, 0.2) is 71.8 Å². The molecular formula is C22H15Cl3N2OS. The van der Waals surface area contributed by atoms with Gasteiger partial charge in [-0.3, -0.25) is 4.98 Å². The fraction of sp³-hybridized carbons (Fsp3) is 0.0455. The predicted molar refractivity (Wildman–Crippen MR) is 124 cm³/mol. The van der Waals surface area contributed by atoms with Crippen molar-refractivity contribution >= 4 is 63.3 Å². The summed E-state index contributed by atoms with van der Waals surface area (Å²) in [6, 6.07) is 19.1. The molecule has 0 aliphatic heterocycles. The Morgan fingerprint density at radius 1 is 0.897 bits per heavy atom. The first kappa shape index (κ1) is 20.2. The molecule has 0 radical (unpaired) electrons. The standard InChI is InChI=1S/C22H15Cl3N2OS/c1-13-6-7-21(17(23)8-13)29-27-15-10-18(24)22(19(25)11-15)28-16-9-14-4-2-3-5-20(14)26-12-16/h2-12,27H,1H3. The zero-order valence-corrected chi connectivity index (χ0v) is 18.3. The maximum Gasteiger partial charge on any atom is 0.164 e. The van der Waals surface area contributed by atoms with Gasteiger partial charge < -0.3 is 9.46 Å². The van der Waals surface area contributed by atoms with Crippen molar-refractivity contribution in [1.82, 2.24) is 4.98 Å². The van der Waals surface area contributed by atoms with E-state index in [4.69, 9.17) is 39.5 Å². The van der Waals surface area contributed by atoms with E-state index < -0.39 is 0 Å². The van der Waals surface area contributed by atoms with E-state index in [9.17, 15) is 0 Å². The van der Waals surface area contributed by atoms with Gasteiger partial charge in [-0.15, -0.1) is 0 Å². The number of nitrogens with zero attached hydrogens (tertiary/aromatic N) is 1. The Hall–Kier alpha value is -2.11. The van der Waals surface area contributed by atoms with E-state index in [0.717, 1.165) is 27.0 Å². The van der Waals surface area contributed by atoms with Crippen molar-refractivity contribution in [2.75, 3.05) is 4.72 Å². The summed E-state index contributed by atoms with van der Waals surface area (Å²) in [6.45, 7) is 2.00. The number of aromatic nitrogens is 1. The lowest BCUT2D eigenvalue weighted by Crippen LogP contribution is -1.92. The van der Waals surface area contributed by atoms with E-state index in [0.29, 0.717) is 26.6 Å². The third-order valence-corrected chi connectivity index (χ3v) is 6.05. The molecule has 7 heteroatoms. The molecule has 29 heavy (non-hydrogen) atoms. The number of fused-ring (bicyclic) bond motifs is 1. The van der Waals surface area contributed by atoms with Crippen molar-refractivity contribution in [1.29, 1.82) is 0 Å². The van der Waals surface area contributed by atoms with Gasteiger partial charge in [-0.05, 0) is 60.8 Å². The molecule has 0 unspecified atom stereocenters. The second-order valence-corrected chi connectivity index (χ2v) is 8.44. The summed E-state index contributed by atoms with van der Waals surface area (Å²) in [4.78, 5) is 5.30. The van der Waals surface area contributed by atoms with Gasteiger partial charge >= 0.3 is 0 Å². The summed E-state index contributed by atoms with van der Waals surface area (Å²) in [5.74, 6) is 0.948. The van der Waals surface area contributed by atoms with E-state index >= 15 is 0 Å². The fourth-order valence-electron chi connectivity index (χ4n) is 2.74. The molecule has 146 valence electrons. The van der Waals surface area contributed by atoms with Crippen molar-refractivity contribution in [3.05, 3.63) is 87.5 Å². The van der Waals surface area contributed by atoms with Gasteiger partial charge in [0, 0.05) is 16.0 Å². The van der Waals surface area contributed by atoms with Crippen molar-refractivity contribution < 1.29 is 4.74 Å². The third-order valence-electron chi connectivity index (χ3n) is 4.15. The molecule has 3 aromatic carbocycles. The molecule has 1 N–H and O–H groups in total. The fourth-order valence-corrected chi connectivity index (χ4v) is 4.30. The van der Waals surface area contributed by atoms with Crippen molar-refractivity contribution in [3.8, 4) is 11.5 Å². The smallest absolute Gasteiger partial charge is 0.164 e. The quantitative estimate of drug-likeness (QED) is 0.302. The highest BCUT2D eigenvalue weighted by molar-refractivity contribution is 8.00. The van der Waals surface area contributed by atoms with Crippen molar-refractivity contribution in [2.24, 2.45) is 0 Å². The zero-order valence-electron chi connectivity index (χ0n) is 15.2. The lowest BCUT2D eigenvalue weighted by atomic mass is 10.2. The molecule has 0 saturated heterocycles. The van der Waals surface area contributed by atoms with Gasteiger partial charge in [0.25, 0.3) is 0 Å². The molecule has 1 heterocycles. The van der Waals surface area contributed by atoms with Gasteiger partial charge in [0.2, 0.25) is 0 Å². The highest BCUT2D eigenvalue weighted by atomic mass is 35.5. The van der Waals surface area contributed by atoms with Crippen LogP contribution < -0.4 is 9.46 Å². The summed E-state index contributed by atoms with van der Waals surface area (Å²) in [5.41, 5.74) is 2.74. The van der Waals surface area contributed by atoms with Gasteiger partial charge in [-0.25, -0.2) is 0 Å². The molecule has 0 aliphatic carbocycles. The minimum Gasteiger partial charge on any atom is -0.453 e. The number of hydrogen-bond acceptors (Lipinski definition) is 4. The Balaban J connectivity index is 1.53. The first-order valence-electron chi connectivity index (χ1n) is 8.70. The minimum atomic E-state index is 0.384. The van der Waals surface area contributed by atoms with E-state index in [2.05, 4.69) is 9.71 Å². The molecule has 1 aromatic heterocycles. The molecule has 0 bridgehead atoms. The first-order chi connectivity index (χ1) is 14.0. The normalized spacial score (nSPS) is 10.9. The van der Waals surface area contributed by atoms with E-state index in [1.54, 1.807) is 18.3 Å². The number of nitrogens with one attached hydrogen (secondary N) is 1. The number of hydrogen-bond donors (Lipinski definition) is 1. The maximum absolute atomic E-state index is 6.43. The molecule has 4 rings (SSSR count). The van der Waals surface area contributed by atoms with E-state index in [1.807, 2.05) is 55.5 Å². The molecule has 4 aromatic rings. The largest absolute Gasteiger partial charge is 0.453 e. The highest BCUT2D eigenvalue weighted by Gasteiger charge is 2.12. The van der Waals surface area contributed by atoms with Crippen LogP contribution >= 0.6 is 46.8 Å². The van der Waals surface area contributed by atoms with E-state index in [-0.39, 0.29) is 0 Å². The summed E-state index contributed by atoms with van der Waals surface area (Å²) in [5, 5.41) is 2.44. The second-order valence-electron chi connectivity index (χ2n) is 6.37. The highest BCUT2D eigenvalue weighted by Crippen LogP contribution is 2.40. The van der Waals surface area contributed by atoms with E-state index in [1.165, 1.54) is 11.9 Å². The Morgan fingerprint density at radius 2 is 1.66 bits per heavy atom. The number of benzene rings is 3. The number of anilines is 1. The van der Waals surface area contributed by atoms with Crippen LogP contribution in [0.3, 0.4) is 0 Å². The lowest BCUT2D eigenvalue weighted by molar-refractivity contribution is 0.482. The van der Waals surface area contributed by atoms with Crippen LogP contribution in [0.5, 0.6) is 11.5 Å². The molecule has 3 nitrogen and oxygen atoms in total. The molecular weight excluding hydrogens is 447 g/mol.